The quantitative estimate of drug-likeness (QED) is 0.0467. The molecular formula is C56H44F2N10O7S4. The van der Waals surface area contributed by atoms with E-state index in [4.69, 9.17) is 4.18 Å². The highest BCUT2D eigenvalue weighted by Crippen LogP contribution is 2.32. The Bertz CT molecular complexity index is 3820. The average molecular weight is 1140 g/mol. The van der Waals surface area contributed by atoms with Crippen molar-refractivity contribution in [3.8, 4) is 34.0 Å². The van der Waals surface area contributed by atoms with E-state index < -0.39 is 22.8 Å². The number of nitrogens with zero attached hydrogens (tertiary/aromatic N) is 4. The molecule has 0 aliphatic rings. The van der Waals surface area contributed by atoms with E-state index in [2.05, 4.69) is 56.6 Å². The molecule has 0 fully saturated rings. The summed E-state index contributed by atoms with van der Waals surface area (Å²) >= 11 is 4.02. The largest absolute Gasteiger partial charge is 0.435 e. The summed E-state index contributed by atoms with van der Waals surface area (Å²) < 4.78 is 58.7. The monoisotopic (exact) mass is 1130 g/mol. The number of aryl methyl sites for hydroxylation is 2. The Kier molecular flexibility index (Phi) is 17.3. The van der Waals surface area contributed by atoms with E-state index in [9.17, 15) is 31.6 Å². The molecule has 17 nitrogen and oxygen atoms in total. The van der Waals surface area contributed by atoms with Gasteiger partial charge in [0.05, 0.1) is 11.4 Å². The first-order valence-electron chi connectivity index (χ1n) is 23.6. The number of carbonyl (C=O) groups is 3. The predicted molar refractivity (Wildman–Crippen MR) is 306 cm³/mol. The maximum Gasteiger partial charge on any atom is 0.387 e. The lowest BCUT2D eigenvalue weighted by atomic mass is 10.1. The van der Waals surface area contributed by atoms with Crippen LogP contribution in [0.3, 0.4) is 0 Å². The number of nitrogens with one attached hydrogen (secondary N) is 6. The minimum Gasteiger partial charge on any atom is -0.435 e. The lowest BCUT2D eigenvalue weighted by Crippen LogP contribution is -2.19. The van der Waals surface area contributed by atoms with E-state index in [0.717, 1.165) is 61.5 Å². The summed E-state index contributed by atoms with van der Waals surface area (Å²) in [6, 6.07) is 39.1. The molecule has 5 aromatic heterocycles. The van der Waals surface area contributed by atoms with Gasteiger partial charge in [-0.1, -0.05) is 18.2 Å². The summed E-state index contributed by atoms with van der Waals surface area (Å²) in [6.45, 7) is 1.000. The van der Waals surface area contributed by atoms with Crippen LogP contribution in [-0.2, 0) is 10.1 Å². The second-order valence-corrected chi connectivity index (χ2v) is 21.3. The van der Waals surface area contributed by atoms with Crippen LogP contribution < -0.4 is 40.8 Å². The molecule has 79 heavy (non-hydrogen) atoms. The van der Waals surface area contributed by atoms with E-state index in [0.29, 0.717) is 39.0 Å². The summed E-state index contributed by atoms with van der Waals surface area (Å²) in [5.74, 6) is -0.547. The van der Waals surface area contributed by atoms with Crippen LogP contribution in [0.5, 0.6) is 11.5 Å². The molecule has 0 saturated heterocycles. The fourth-order valence-electron chi connectivity index (χ4n) is 7.22. The van der Waals surface area contributed by atoms with Crippen molar-refractivity contribution in [1.29, 1.82) is 0 Å². The molecule has 10 aromatic rings. The molecule has 4 amide bonds. The molecular weight excluding hydrogens is 1090 g/mol. The van der Waals surface area contributed by atoms with Gasteiger partial charge in [0.2, 0.25) is 0 Å². The molecule has 0 aliphatic heterocycles. The standard InChI is InChI=1S/C30H24F2N6O3S.C26H20N4O4S3/c1-18-4-7-23(15-25(18)37-30-38-26(17-42-30)20-3-2-14-33-16-20)34-27(39)19-5-8-21(9-6-19)35-29(40)36-22-10-12-24(13-11-22)41-28(31)32;1-17-6-9-20(14-22(17)29-26-30-23(16-36-26)19-4-2-12-27-15-19)28-25(31)18-7-10-21(11-8-18)34-37(32,33)24-5-3-13-35-24/h2-17,28H,1H3,(H,34,39)(H,37,38)(H2,35,36,40);2-16H,1H3,(H,28,31)(H,29,30). The van der Waals surface area contributed by atoms with Crippen molar-refractivity contribution in [1.82, 2.24) is 19.9 Å². The molecule has 0 atom stereocenters. The zero-order valence-electron chi connectivity index (χ0n) is 41.5. The van der Waals surface area contributed by atoms with Gasteiger partial charge in [-0.05, 0) is 158 Å². The summed E-state index contributed by atoms with van der Waals surface area (Å²) in [5.41, 5.74) is 9.91. The smallest absolute Gasteiger partial charge is 0.387 e. The molecule has 0 bridgehead atoms. The number of rotatable bonds is 17. The Morgan fingerprint density at radius 2 is 1.01 bits per heavy atom. The molecule has 398 valence electrons. The van der Waals surface area contributed by atoms with Gasteiger partial charge in [0.15, 0.2) is 14.5 Å². The fraction of sp³-hybridized carbons (Fsp3) is 0.0536. The number of ether oxygens (including phenoxy) is 1. The van der Waals surface area contributed by atoms with Gasteiger partial charge in [0, 0.05) is 91.9 Å². The molecule has 0 unspecified atom stereocenters. The van der Waals surface area contributed by atoms with Crippen LogP contribution in [0.1, 0.15) is 31.8 Å². The number of anilines is 8. The third-order valence-electron chi connectivity index (χ3n) is 11.2. The second kappa shape index (κ2) is 25.2. The van der Waals surface area contributed by atoms with Crippen LogP contribution in [0.2, 0.25) is 0 Å². The van der Waals surface area contributed by atoms with Crippen LogP contribution >= 0.6 is 34.0 Å². The first-order chi connectivity index (χ1) is 38.2. The molecule has 6 N–H and O–H groups in total. The molecule has 23 heteroatoms. The van der Waals surface area contributed by atoms with Crippen molar-refractivity contribution in [2.45, 2.75) is 24.7 Å². The van der Waals surface area contributed by atoms with E-state index in [-0.39, 0.29) is 27.5 Å². The third kappa shape index (κ3) is 15.0. The minimum atomic E-state index is -3.90. The SMILES string of the molecule is Cc1ccc(NC(=O)c2ccc(NC(=O)Nc3ccc(OC(F)F)cc3)cc2)cc1Nc1nc(-c2cccnc2)cs1.Cc1ccc(NC(=O)c2ccc(OS(=O)(=O)c3cccs3)cc2)cc1Nc1nc(-c2cccnc2)cs1. The molecule has 0 saturated carbocycles. The van der Waals surface area contributed by atoms with Crippen LogP contribution in [0.15, 0.2) is 191 Å². The third-order valence-corrected chi connectivity index (χ3v) is 15.3. The predicted octanol–water partition coefficient (Wildman–Crippen LogP) is 14.1. The van der Waals surface area contributed by atoms with Crippen LogP contribution in [0.4, 0.5) is 58.0 Å². The second-order valence-electron chi connectivity index (χ2n) is 16.8. The van der Waals surface area contributed by atoms with Crippen molar-refractivity contribution >= 4 is 106 Å². The van der Waals surface area contributed by atoms with Gasteiger partial charge < -0.3 is 40.8 Å². The van der Waals surface area contributed by atoms with Crippen molar-refractivity contribution in [3.05, 3.63) is 209 Å². The Morgan fingerprint density at radius 3 is 1.47 bits per heavy atom. The Balaban J connectivity index is 0.000000193. The minimum absolute atomic E-state index is 0.0159. The number of carbonyl (C=O) groups excluding carboxylic acids is 3. The Morgan fingerprint density at radius 1 is 0.544 bits per heavy atom. The van der Waals surface area contributed by atoms with Gasteiger partial charge in [0.25, 0.3) is 11.8 Å². The van der Waals surface area contributed by atoms with Crippen LogP contribution in [-0.4, -0.2) is 52.8 Å². The molecule has 10 rings (SSSR count). The lowest BCUT2D eigenvalue weighted by Gasteiger charge is -2.12. The maximum atomic E-state index is 12.9. The highest BCUT2D eigenvalue weighted by molar-refractivity contribution is 7.89. The zero-order valence-corrected chi connectivity index (χ0v) is 44.8. The lowest BCUT2D eigenvalue weighted by molar-refractivity contribution is -0.0498. The van der Waals surface area contributed by atoms with E-state index in [1.807, 2.05) is 85.3 Å². The van der Waals surface area contributed by atoms with E-state index in [1.54, 1.807) is 60.5 Å². The number of alkyl halides is 2. The number of benzene rings is 5. The van der Waals surface area contributed by atoms with Crippen molar-refractivity contribution in [2.75, 3.05) is 31.9 Å². The molecule has 0 aliphatic carbocycles. The topological polar surface area (TPSA) is 228 Å². The van der Waals surface area contributed by atoms with Gasteiger partial charge >= 0.3 is 22.8 Å². The Labute approximate surface area is 463 Å². The number of pyridine rings is 2. The summed E-state index contributed by atoms with van der Waals surface area (Å²) in [5, 5.41) is 24.7. The zero-order chi connectivity index (χ0) is 55.3. The number of amides is 4. The number of hydrogen-bond acceptors (Lipinski definition) is 16. The summed E-state index contributed by atoms with van der Waals surface area (Å²) in [7, 11) is -3.90. The van der Waals surface area contributed by atoms with Crippen molar-refractivity contribution in [3.63, 3.8) is 0 Å². The maximum absolute atomic E-state index is 12.9. The van der Waals surface area contributed by atoms with Crippen molar-refractivity contribution < 1.29 is 40.5 Å². The van der Waals surface area contributed by atoms with Gasteiger partial charge in [-0.3, -0.25) is 19.6 Å². The van der Waals surface area contributed by atoms with Gasteiger partial charge in [-0.15, -0.1) is 34.0 Å². The molecule has 5 heterocycles. The number of aromatic nitrogens is 4. The average Bonchev–Trinajstić information content (AvgIpc) is 4.30. The highest BCUT2D eigenvalue weighted by Gasteiger charge is 2.19. The molecule has 5 aromatic carbocycles. The number of hydrogen-bond donors (Lipinski definition) is 6. The Hall–Kier alpha value is -9.42. The van der Waals surface area contributed by atoms with E-state index in [1.165, 1.54) is 77.3 Å². The first kappa shape index (κ1) is 54.4. The number of thiophene rings is 1. The van der Waals surface area contributed by atoms with Crippen molar-refractivity contribution in [2.24, 2.45) is 0 Å². The molecule has 0 spiro atoms. The highest BCUT2D eigenvalue weighted by atomic mass is 32.3. The van der Waals surface area contributed by atoms with E-state index >= 15 is 0 Å². The summed E-state index contributed by atoms with van der Waals surface area (Å²) in [4.78, 5) is 55.5. The van der Waals surface area contributed by atoms with Crippen LogP contribution in [0.25, 0.3) is 22.5 Å². The number of halogens is 2. The molecule has 0 radical (unpaired) electrons. The fourth-order valence-corrected chi connectivity index (χ4v) is 10.6. The number of urea groups is 1. The van der Waals surface area contributed by atoms with Gasteiger partial charge in [-0.2, -0.15) is 17.2 Å². The van der Waals surface area contributed by atoms with Gasteiger partial charge in [-0.25, -0.2) is 14.8 Å². The summed E-state index contributed by atoms with van der Waals surface area (Å²) in [6.07, 6.45) is 6.96. The first-order valence-corrected chi connectivity index (χ1v) is 27.7. The van der Waals surface area contributed by atoms with Gasteiger partial charge in [0.1, 0.15) is 11.5 Å². The normalized spacial score (nSPS) is 10.9. The van der Waals surface area contributed by atoms with Crippen LogP contribution in [0, 0.1) is 13.8 Å². The number of thiazole rings is 2.